The molecule has 0 aliphatic heterocycles. The SMILES string of the molecule is [CH2]c1cccc(NC(C)=N)c1. The molecule has 1 rings (SSSR count). The first-order valence-electron chi connectivity index (χ1n) is 3.42. The molecule has 0 unspecified atom stereocenters. The van der Waals surface area contributed by atoms with Crippen molar-refractivity contribution in [2.75, 3.05) is 5.32 Å². The molecule has 11 heavy (non-hydrogen) atoms. The summed E-state index contributed by atoms with van der Waals surface area (Å²) >= 11 is 0. The van der Waals surface area contributed by atoms with E-state index < -0.39 is 0 Å². The van der Waals surface area contributed by atoms with Gasteiger partial charge in [0.2, 0.25) is 0 Å². The first kappa shape index (κ1) is 7.79. The summed E-state index contributed by atoms with van der Waals surface area (Å²) in [5.41, 5.74) is 1.88. The number of hydrogen-bond donors (Lipinski definition) is 2. The fraction of sp³-hybridized carbons (Fsp3) is 0.111. The zero-order valence-electron chi connectivity index (χ0n) is 6.52. The largest absolute Gasteiger partial charge is 0.344 e. The highest BCUT2D eigenvalue weighted by Crippen LogP contribution is 2.08. The molecule has 0 heterocycles. The van der Waals surface area contributed by atoms with Crippen molar-refractivity contribution in [2.24, 2.45) is 0 Å². The highest BCUT2D eigenvalue weighted by Gasteiger charge is 1.90. The number of anilines is 1. The third kappa shape index (κ3) is 2.42. The van der Waals surface area contributed by atoms with Gasteiger partial charge in [-0.15, -0.1) is 0 Å². The van der Waals surface area contributed by atoms with E-state index in [9.17, 15) is 0 Å². The van der Waals surface area contributed by atoms with Crippen molar-refractivity contribution in [3.05, 3.63) is 36.8 Å². The van der Waals surface area contributed by atoms with E-state index in [1.54, 1.807) is 6.92 Å². The molecular formula is C9H11N2. The zero-order valence-corrected chi connectivity index (χ0v) is 6.52. The van der Waals surface area contributed by atoms with Crippen LogP contribution < -0.4 is 5.32 Å². The molecule has 0 saturated heterocycles. The Morgan fingerprint density at radius 3 is 2.82 bits per heavy atom. The molecule has 0 bridgehead atoms. The highest BCUT2D eigenvalue weighted by molar-refractivity contribution is 5.90. The second-order valence-electron chi connectivity index (χ2n) is 2.45. The van der Waals surface area contributed by atoms with Gasteiger partial charge in [0.05, 0.1) is 5.84 Å². The second kappa shape index (κ2) is 3.19. The average molecular weight is 147 g/mol. The molecule has 2 N–H and O–H groups in total. The lowest BCUT2D eigenvalue weighted by Gasteiger charge is -2.03. The van der Waals surface area contributed by atoms with Crippen LogP contribution in [0.5, 0.6) is 0 Å². The Morgan fingerprint density at radius 2 is 2.27 bits per heavy atom. The average Bonchev–Trinajstić information content (AvgIpc) is 1.85. The minimum absolute atomic E-state index is 0.440. The molecule has 0 fully saturated rings. The topological polar surface area (TPSA) is 35.9 Å². The monoisotopic (exact) mass is 147 g/mol. The predicted octanol–water partition coefficient (Wildman–Crippen LogP) is 2.28. The molecule has 0 aliphatic rings. The number of hydrogen-bond acceptors (Lipinski definition) is 1. The Kier molecular flexibility index (Phi) is 2.26. The molecule has 1 aromatic carbocycles. The van der Waals surface area contributed by atoms with Gasteiger partial charge in [0.25, 0.3) is 0 Å². The van der Waals surface area contributed by atoms with Crippen LogP contribution in [0.1, 0.15) is 12.5 Å². The molecular weight excluding hydrogens is 136 g/mol. The molecule has 57 valence electrons. The second-order valence-corrected chi connectivity index (χ2v) is 2.45. The van der Waals surface area contributed by atoms with E-state index >= 15 is 0 Å². The summed E-state index contributed by atoms with van der Waals surface area (Å²) in [6.45, 7) is 5.48. The summed E-state index contributed by atoms with van der Waals surface area (Å²) in [5, 5.41) is 10.1. The van der Waals surface area contributed by atoms with Crippen LogP contribution in [-0.2, 0) is 0 Å². The lowest BCUT2D eigenvalue weighted by Crippen LogP contribution is -2.04. The van der Waals surface area contributed by atoms with E-state index in [0.29, 0.717) is 5.84 Å². The van der Waals surface area contributed by atoms with Gasteiger partial charge in [0.15, 0.2) is 0 Å². The summed E-state index contributed by atoms with van der Waals surface area (Å²) in [7, 11) is 0. The first-order chi connectivity index (χ1) is 5.18. The number of rotatable bonds is 1. The van der Waals surface area contributed by atoms with Crippen molar-refractivity contribution in [1.82, 2.24) is 0 Å². The van der Waals surface area contributed by atoms with Crippen LogP contribution in [0.25, 0.3) is 0 Å². The number of amidine groups is 1. The van der Waals surface area contributed by atoms with E-state index in [0.717, 1.165) is 11.3 Å². The molecule has 2 nitrogen and oxygen atoms in total. The smallest absolute Gasteiger partial charge is 0.0944 e. The number of benzene rings is 1. The van der Waals surface area contributed by atoms with Gasteiger partial charge in [-0.1, -0.05) is 12.1 Å². The van der Waals surface area contributed by atoms with Gasteiger partial charge >= 0.3 is 0 Å². The minimum Gasteiger partial charge on any atom is -0.344 e. The van der Waals surface area contributed by atoms with Crippen LogP contribution in [0.4, 0.5) is 5.69 Å². The Hall–Kier alpha value is -1.31. The zero-order chi connectivity index (χ0) is 8.27. The van der Waals surface area contributed by atoms with E-state index in [2.05, 4.69) is 12.2 Å². The fourth-order valence-corrected chi connectivity index (χ4v) is 0.866. The van der Waals surface area contributed by atoms with Gasteiger partial charge in [-0.25, -0.2) is 0 Å². The normalized spacial score (nSPS) is 9.27. The predicted molar refractivity (Wildman–Crippen MR) is 47.9 cm³/mol. The maximum Gasteiger partial charge on any atom is 0.0944 e. The number of nitrogens with one attached hydrogen (secondary N) is 2. The van der Waals surface area contributed by atoms with Crippen molar-refractivity contribution in [3.8, 4) is 0 Å². The standard InChI is InChI=1S/C9H11N2/c1-7-4-3-5-9(6-7)11-8(2)10/h3-6H,1H2,2H3,(H2,10,11). The Morgan fingerprint density at radius 1 is 1.55 bits per heavy atom. The van der Waals surface area contributed by atoms with E-state index in [4.69, 9.17) is 5.41 Å². The molecule has 1 radical (unpaired) electrons. The van der Waals surface area contributed by atoms with Crippen LogP contribution in [-0.4, -0.2) is 5.84 Å². The van der Waals surface area contributed by atoms with Crippen LogP contribution in [0, 0.1) is 12.3 Å². The van der Waals surface area contributed by atoms with E-state index in [1.807, 2.05) is 24.3 Å². The molecule has 0 saturated carbocycles. The van der Waals surface area contributed by atoms with E-state index in [1.165, 1.54) is 0 Å². The molecule has 0 atom stereocenters. The van der Waals surface area contributed by atoms with Crippen LogP contribution >= 0.6 is 0 Å². The lowest BCUT2D eigenvalue weighted by molar-refractivity contribution is 1.44. The van der Waals surface area contributed by atoms with Gasteiger partial charge in [0.1, 0.15) is 0 Å². The first-order valence-corrected chi connectivity index (χ1v) is 3.42. The quantitative estimate of drug-likeness (QED) is 0.464. The Bertz CT molecular complexity index is 266. The fourth-order valence-electron chi connectivity index (χ4n) is 0.866. The van der Waals surface area contributed by atoms with Gasteiger partial charge in [0, 0.05) is 5.69 Å². The molecule has 0 aliphatic carbocycles. The van der Waals surface area contributed by atoms with Crippen molar-refractivity contribution in [1.29, 1.82) is 5.41 Å². The maximum absolute atomic E-state index is 7.17. The molecule has 0 amide bonds. The molecule has 1 aromatic rings. The summed E-state index contributed by atoms with van der Waals surface area (Å²) in [6.07, 6.45) is 0. The Balaban J connectivity index is 2.79. The van der Waals surface area contributed by atoms with Gasteiger partial charge in [-0.3, -0.25) is 5.41 Å². The van der Waals surface area contributed by atoms with Crippen molar-refractivity contribution < 1.29 is 0 Å². The summed E-state index contributed by atoms with van der Waals surface area (Å²) in [5.74, 6) is 0.440. The maximum atomic E-state index is 7.17. The molecule has 0 spiro atoms. The summed E-state index contributed by atoms with van der Waals surface area (Å²) < 4.78 is 0. The van der Waals surface area contributed by atoms with Gasteiger partial charge in [-0.2, -0.15) is 0 Å². The van der Waals surface area contributed by atoms with E-state index in [-0.39, 0.29) is 0 Å². The third-order valence-electron chi connectivity index (χ3n) is 1.26. The van der Waals surface area contributed by atoms with Crippen LogP contribution in [0.2, 0.25) is 0 Å². The van der Waals surface area contributed by atoms with Crippen LogP contribution in [0.3, 0.4) is 0 Å². The van der Waals surface area contributed by atoms with Crippen molar-refractivity contribution >= 4 is 11.5 Å². The highest BCUT2D eigenvalue weighted by atomic mass is 14.9. The van der Waals surface area contributed by atoms with Gasteiger partial charge < -0.3 is 5.32 Å². The summed E-state index contributed by atoms with van der Waals surface area (Å²) in [6, 6.07) is 7.64. The third-order valence-corrected chi connectivity index (χ3v) is 1.26. The van der Waals surface area contributed by atoms with Crippen molar-refractivity contribution in [2.45, 2.75) is 6.92 Å². The van der Waals surface area contributed by atoms with Crippen molar-refractivity contribution in [3.63, 3.8) is 0 Å². The summed E-state index contributed by atoms with van der Waals surface area (Å²) in [4.78, 5) is 0. The lowest BCUT2D eigenvalue weighted by atomic mass is 10.2. The molecule has 2 heteroatoms. The Labute approximate surface area is 66.8 Å². The molecule has 0 aromatic heterocycles. The van der Waals surface area contributed by atoms with Crippen LogP contribution in [0.15, 0.2) is 24.3 Å². The van der Waals surface area contributed by atoms with Gasteiger partial charge in [-0.05, 0) is 31.5 Å². The minimum atomic E-state index is 0.440.